The van der Waals surface area contributed by atoms with Crippen LogP contribution in [-0.4, -0.2) is 9.97 Å². The molecule has 0 unspecified atom stereocenters. The van der Waals surface area contributed by atoms with E-state index in [0.29, 0.717) is 5.69 Å². The first-order chi connectivity index (χ1) is 6.24. The molecule has 0 fully saturated rings. The Hall–Kier alpha value is -1.73. The van der Waals surface area contributed by atoms with Gasteiger partial charge in [0.25, 0.3) is 0 Å². The summed E-state index contributed by atoms with van der Waals surface area (Å²) in [6.45, 7) is 0. The monoisotopic (exact) mass is 189 g/mol. The Kier molecular flexibility index (Phi) is 3.12. The molecule has 0 aliphatic rings. The summed E-state index contributed by atoms with van der Waals surface area (Å²) in [4.78, 5) is 4.10. The van der Waals surface area contributed by atoms with Crippen molar-refractivity contribution in [3.05, 3.63) is 35.7 Å². The van der Waals surface area contributed by atoms with Crippen LogP contribution in [-0.2, 0) is 0 Å². The number of nitrogens with zero attached hydrogens (tertiary/aromatic N) is 2. The second kappa shape index (κ2) is 4.33. The van der Waals surface area contributed by atoms with Crippen LogP contribution in [0.1, 0.15) is 5.69 Å². The van der Waals surface area contributed by atoms with Crippen molar-refractivity contribution in [3.63, 3.8) is 0 Å². The summed E-state index contributed by atoms with van der Waals surface area (Å²) in [7, 11) is 0. The number of nitrogens with two attached hydrogens (primary N) is 1. The van der Waals surface area contributed by atoms with E-state index in [2.05, 4.69) is 17.2 Å². The van der Waals surface area contributed by atoms with E-state index in [1.807, 2.05) is 12.1 Å². The van der Waals surface area contributed by atoms with Crippen LogP contribution in [0, 0.1) is 11.3 Å². The Morgan fingerprint density at radius 3 is 2.85 bits per heavy atom. The normalized spacial score (nSPS) is 10.5. The van der Waals surface area contributed by atoms with Gasteiger partial charge in [0.2, 0.25) is 0 Å². The molecule has 0 bridgehead atoms. The summed E-state index contributed by atoms with van der Waals surface area (Å²) in [5.74, 6) is 0. The summed E-state index contributed by atoms with van der Waals surface area (Å²) in [6, 6.07) is 7.30. The zero-order chi connectivity index (χ0) is 9.68. The van der Waals surface area contributed by atoms with Gasteiger partial charge in [0.05, 0.1) is 11.3 Å². The third-order valence-corrected chi connectivity index (χ3v) is 1.59. The van der Waals surface area contributed by atoms with Crippen LogP contribution in [0.2, 0.25) is 0 Å². The van der Waals surface area contributed by atoms with Crippen LogP contribution in [0.15, 0.2) is 30.0 Å². The number of aromatic nitrogens is 1. The summed E-state index contributed by atoms with van der Waals surface area (Å²) in [5, 5.41) is 8.64. The topological polar surface area (TPSA) is 62.7 Å². The largest absolute Gasteiger partial charge is 0.389 e. The van der Waals surface area contributed by atoms with Gasteiger partial charge in [-0.1, -0.05) is 18.3 Å². The van der Waals surface area contributed by atoms with Crippen LogP contribution in [0.4, 0.5) is 0 Å². The molecule has 0 radical (unpaired) electrons. The molecule has 0 atom stereocenters. The highest BCUT2D eigenvalue weighted by molar-refractivity contribution is 7.80. The summed E-state index contributed by atoms with van der Waals surface area (Å²) in [5.41, 5.74) is 6.25. The molecule has 1 rings (SSSR count). The molecule has 0 amide bonds. The van der Waals surface area contributed by atoms with Crippen LogP contribution in [0.25, 0.3) is 6.08 Å². The lowest BCUT2D eigenvalue weighted by Crippen LogP contribution is -2.09. The predicted octanol–water partition coefficient (Wildman–Crippen LogP) is 1.27. The third kappa shape index (κ3) is 2.65. The van der Waals surface area contributed by atoms with Gasteiger partial charge in [-0.05, 0) is 18.2 Å². The van der Waals surface area contributed by atoms with Crippen molar-refractivity contribution in [1.82, 2.24) is 4.98 Å². The molecule has 1 heterocycles. The lowest BCUT2D eigenvalue weighted by atomic mass is 10.2. The van der Waals surface area contributed by atoms with E-state index in [1.165, 1.54) is 0 Å². The van der Waals surface area contributed by atoms with Gasteiger partial charge in [0, 0.05) is 6.20 Å². The Morgan fingerprint density at radius 1 is 1.62 bits per heavy atom. The fourth-order valence-corrected chi connectivity index (χ4v) is 0.872. The average Bonchev–Trinajstić information content (AvgIpc) is 2.15. The first-order valence-corrected chi connectivity index (χ1v) is 3.97. The van der Waals surface area contributed by atoms with Gasteiger partial charge in [-0.25, -0.2) is 0 Å². The maximum Gasteiger partial charge on any atom is 0.114 e. The van der Waals surface area contributed by atoms with Gasteiger partial charge in [-0.3, -0.25) is 4.98 Å². The number of thiocarbonyl (C=S) groups is 1. The van der Waals surface area contributed by atoms with Crippen LogP contribution >= 0.6 is 12.2 Å². The minimum atomic E-state index is 0.0909. The molecule has 1 aromatic heterocycles. The van der Waals surface area contributed by atoms with Crippen LogP contribution in [0.3, 0.4) is 0 Å². The standard InChI is InChI=1S/C9H7N3S/c10-6-7(9(11)13)5-8-3-1-2-4-12-8/h1-5H,(H2,11,13)/b7-5+. The molecule has 13 heavy (non-hydrogen) atoms. The van der Waals surface area contributed by atoms with Crippen molar-refractivity contribution < 1.29 is 0 Å². The van der Waals surface area contributed by atoms with Crippen molar-refractivity contribution in [1.29, 1.82) is 5.26 Å². The van der Waals surface area contributed by atoms with E-state index in [9.17, 15) is 0 Å². The van der Waals surface area contributed by atoms with E-state index < -0.39 is 0 Å². The van der Waals surface area contributed by atoms with Crippen molar-refractivity contribution >= 4 is 23.3 Å². The molecule has 0 spiro atoms. The fourth-order valence-electron chi connectivity index (χ4n) is 0.768. The van der Waals surface area contributed by atoms with Crippen LogP contribution < -0.4 is 5.73 Å². The second-order valence-corrected chi connectivity index (χ2v) is 2.73. The van der Waals surface area contributed by atoms with Crippen LogP contribution in [0.5, 0.6) is 0 Å². The van der Waals surface area contributed by atoms with E-state index in [0.717, 1.165) is 0 Å². The number of pyridine rings is 1. The van der Waals surface area contributed by atoms with E-state index >= 15 is 0 Å². The molecular formula is C9H7N3S. The Balaban J connectivity index is 3.01. The lowest BCUT2D eigenvalue weighted by molar-refractivity contribution is 1.29. The zero-order valence-corrected chi connectivity index (χ0v) is 7.58. The van der Waals surface area contributed by atoms with Gasteiger partial charge in [0.15, 0.2) is 0 Å². The Morgan fingerprint density at radius 2 is 2.38 bits per heavy atom. The summed E-state index contributed by atoms with van der Waals surface area (Å²) in [6.07, 6.45) is 3.20. The Bertz CT molecular complexity index is 376. The molecule has 0 saturated carbocycles. The molecular weight excluding hydrogens is 182 g/mol. The Labute approximate surface area is 81.5 Å². The van der Waals surface area contributed by atoms with E-state index in [1.54, 1.807) is 24.4 Å². The highest BCUT2D eigenvalue weighted by Gasteiger charge is 1.98. The molecule has 1 aromatic rings. The lowest BCUT2D eigenvalue weighted by Gasteiger charge is -1.93. The number of rotatable bonds is 2. The summed E-state index contributed by atoms with van der Waals surface area (Å²) >= 11 is 4.67. The molecule has 0 aliphatic heterocycles. The summed E-state index contributed by atoms with van der Waals surface area (Å²) < 4.78 is 0. The van der Waals surface area contributed by atoms with Crippen molar-refractivity contribution in [3.8, 4) is 6.07 Å². The minimum absolute atomic E-state index is 0.0909. The minimum Gasteiger partial charge on any atom is -0.389 e. The maximum atomic E-state index is 8.64. The van der Waals surface area contributed by atoms with Gasteiger partial charge in [-0.15, -0.1) is 0 Å². The number of hydrogen-bond acceptors (Lipinski definition) is 3. The predicted molar refractivity (Wildman–Crippen MR) is 54.6 cm³/mol. The molecule has 4 heteroatoms. The van der Waals surface area contributed by atoms with Crippen molar-refractivity contribution in [2.45, 2.75) is 0 Å². The maximum absolute atomic E-state index is 8.64. The SMILES string of the molecule is N#C/C(=C\c1ccccn1)C(N)=S. The number of hydrogen-bond donors (Lipinski definition) is 1. The van der Waals surface area contributed by atoms with Crippen molar-refractivity contribution in [2.75, 3.05) is 0 Å². The molecule has 0 aliphatic carbocycles. The molecule has 3 nitrogen and oxygen atoms in total. The molecule has 64 valence electrons. The van der Waals surface area contributed by atoms with Crippen molar-refractivity contribution in [2.24, 2.45) is 5.73 Å². The first-order valence-electron chi connectivity index (χ1n) is 3.56. The zero-order valence-electron chi connectivity index (χ0n) is 6.77. The van der Waals surface area contributed by atoms with Gasteiger partial charge >= 0.3 is 0 Å². The average molecular weight is 189 g/mol. The highest BCUT2D eigenvalue weighted by atomic mass is 32.1. The molecule has 0 aromatic carbocycles. The van der Waals surface area contributed by atoms with E-state index in [4.69, 9.17) is 11.0 Å². The smallest absolute Gasteiger partial charge is 0.114 e. The van der Waals surface area contributed by atoms with Gasteiger partial charge < -0.3 is 5.73 Å². The number of nitriles is 1. The third-order valence-electron chi connectivity index (χ3n) is 1.37. The first kappa shape index (κ1) is 9.36. The molecule has 0 saturated heterocycles. The van der Waals surface area contributed by atoms with Gasteiger partial charge in [0.1, 0.15) is 11.1 Å². The van der Waals surface area contributed by atoms with E-state index in [-0.39, 0.29) is 10.6 Å². The molecule has 2 N–H and O–H groups in total. The quantitative estimate of drug-likeness (QED) is 0.432. The highest BCUT2D eigenvalue weighted by Crippen LogP contribution is 2.02. The second-order valence-electron chi connectivity index (χ2n) is 2.29. The fraction of sp³-hybridized carbons (Fsp3) is 0. The van der Waals surface area contributed by atoms with Gasteiger partial charge in [-0.2, -0.15) is 5.26 Å².